The van der Waals surface area contributed by atoms with Gasteiger partial charge in [0.25, 0.3) is 0 Å². The van der Waals surface area contributed by atoms with Crippen molar-refractivity contribution in [3.63, 3.8) is 0 Å². The molecule has 140 valence electrons. The Kier molecular flexibility index (Phi) is 4.79. The predicted octanol–water partition coefficient (Wildman–Crippen LogP) is 4.35. The third-order valence-electron chi connectivity index (χ3n) is 5.29. The van der Waals surface area contributed by atoms with Gasteiger partial charge in [-0.1, -0.05) is 24.3 Å². The Hall–Kier alpha value is -2.89. The van der Waals surface area contributed by atoms with Gasteiger partial charge in [0.15, 0.2) is 0 Å². The SMILES string of the molecule is C[C@@H](NC(=O)N1CCC(c2nc3ccccc3[nH]2)CC1)c1ccc(F)cc1. The van der Waals surface area contributed by atoms with Crippen molar-refractivity contribution in [3.8, 4) is 0 Å². The molecule has 1 aromatic heterocycles. The number of aromatic amines is 1. The molecule has 1 saturated heterocycles. The summed E-state index contributed by atoms with van der Waals surface area (Å²) in [6, 6.07) is 14.0. The minimum absolute atomic E-state index is 0.0742. The van der Waals surface area contributed by atoms with Crippen molar-refractivity contribution in [1.29, 1.82) is 0 Å². The first-order valence-electron chi connectivity index (χ1n) is 9.35. The van der Waals surface area contributed by atoms with Crippen LogP contribution in [0.2, 0.25) is 0 Å². The Morgan fingerprint density at radius 1 is 1.19 bits per heavy atom. The average molecular weight is 366 g/mol. The zero-order valence-electron chi connectivity index (χ0n) is 15.3. The molecule has 27 heavy (non-hydrogen) atoms. The van der Waals surface area contributed by atoms with E-state index in [1.165, 1.54) is 12.1 Å². The Balaban J connectivity index is 1.34. The molecule has 5 nitrogen and oxygen atoms in total. The first-order valence-corrected chi connectivity index (χ1v) is 9.35. The minimum Gasteiger partial charge on any atom is -0.342 e. The molecular formula is C21H23FN4O. The van der Waals surface area contributed by atoms with Crippen LogP contribution in [0.15, 0.2) is 48.5 Å². The van der Waals surface area contributed by atoms with Crippen molar-refractivity contribution in [2.24, 2.45) is 0 Å². The number of benzene rings is 2. The maximum atomic E-state index is 13.0. The molecule has 0 aliphatic carbocycles. The summed E-state index contributed by atoms with van der Waals surface area (Å²) in [5, 5.41) is 3.00. The molecule has 1 aliphatic rings. The fraction of sp³-hybridized carbons (Fsp3) is 0.333. The number of nitrogens with one attached hydrogen (secondary N) is 2. The molecule has 0 radical (unpaired) electrons. The Morgan fingerprint density at radius 3 is 2.59 bits per heavy atom. The van der Waals surface area contributed by atoms with Crippen LogP contribution in [-0.2, 0) is 0 Å². The van der Waals surface area contributed by atoms with Gasteiger partial charge in [-0.2, -0.15) is 0 Å². The number of carbonyl (C=O) groups excluding carboxylic acids is 1. The van der Waals surface area contributed by atoms with Crippen LogP contribution in [0.4, 0.5) is 9.18 Å². The monoisotopic (exact) mass is 366 g/mol. The molecule has 6 heteroatoms. The number of piperidine rings is 1. The highest BCUT2D eigenvalue weighted by atomic mass is 19.1. The van der Waals surface area contributed by atoms with Crippen LogP contribution in [0, 0.1) is 5.82 Å². The van der Waals surface area contributed by atoms with Gasteiger partial charge in [0, 0.05) is 19.0 Å². The Morgan fingerprint density at radius 2 is 1.89 bits per heavy atom. The maximum Gasteiger partial charge on any atom is 0.317 e. The molecule has 1 aliphatic heterocycles. The van der Waals surface area contributed by atoms with Gasteiger partial charge in [-0.05, 0) is 49.6 Å². The second-order valence-electron chi connectivity index (χ2n) is 7.12. The van der Waals surface area contributed by atoms with Crippen LogP contribution in [-0.4, -0.2) is 34.0 Å². The van der Waals surface area contributed by atoms with Gasteiger partial charge >= 0.3 is 6.03 Å². The summed E-state index contributed by atoms with van der Waals surface area (Å²) in [5.74, 6) is 1.08. The van der Waals surface area contributed by atoms with Crippen LogP contribution >= 0.6 is 0 Å². The van der Waals surface area contributed by atoms with E-state index in [4.69, 9.17) is 4.98 Å². The summed E-state index contributed by atoms with van der Waals surface area (Å²) in [5.41, 5.74) is 2.93. The third-order valence-corrected chi connectivity index (χ3v) is 5.29. The van der Waals surface area contributed by atoms with Crippen molar-refractivity contribution in [2.75, 3.05) is 13.1 Å². The number of hydrogen-bond acceptors (Lipinski definition) is 2. The topological polar surface area (TPSA) is 61.0 Å². The van der Waals surface area contributed by atoms with Gasteiger partial charge in [0.1, 0.15) is 11.6 Å². The van der Waals surface area contributed by atoms with Gasteiger partial charge in [0.05, 0.1) is 17.1 Å². The molecule has 1 atom stereocenters. The standard InChI is InChI=1S/C21H23FN4O/c1-14(15-6-8-17(22)9-7-15)23-21(27)26-12-10-16(11-13-26)20-24-18-4-2-3-5-19(18)25-20/h2-9,14,16H,10-13H2,1H3,(H,23,27)(H,24,25)/t14-/m1/s1. The molecule has 2 amide bonds. The highest BCUT2D eigenvalue weighted by Gasteiger charge is 2.26. The summed E-state index contributed by atoms with van der Waals surface area (Å²) < 4.78 is 13.0. The van der Waals surface area contributed by atoms with Gasteiger partial charge in [-0.3, -0.25) is 0 Å². The number of hydrogen-bond donors (Lipinski definition) is 2. The number of H-pyrrole nitrogens is 1. The average Bonchev–Trinajstić information content (AvgIpc) is 3.13. The van der Waals surface area contributed by atoms with Crippen molar-refractivity contribution in [1.82, 2.24) is 20.2 Å². The van der Waals surface area contributed by atoms with E-state index >= 15 is 0 Å². The zero-order valence-corrected chi connectivity index (χ0v) is 15.3. The number of amides is 2. The summed E-state index contributed by atoms with van der Waals surface area (Å²) in [4.78, 5) is 22.5. The first-order chi connectivity index (χ1) is 13.1. The number of para-hydroxylation sites is 2. The number of carbonyl (C=O) groups is 1. The number of nitrogens with zero attached hydrogens (tertiary/aromatic N) is 2. The van der Waals surface area contributed by atoms with E-state index in [0.717, 1.165) is 35.3 Å². The lowest BCUT2D eigenvalue weighted by Gasteiger charge is -2.32. The van der Waals surface area contributed by atoms with Crippen molar-refractivity contribution in [3.05, 3.63) is 65.7 Å². The Labute approximate surface area is 157 Å². The van der Waals surface area contributed by atoms with Crippen LogP contribution < -0.4 is 5.32 Å². The fourth-order valence-electron chi connectivity index (χ4n) is 3.63. The van der Waals surface area contributed by atoms with Gasteiger partial charge in [0.2, 0.25) is 0 Å². The molecule has 0 saturated carbocycles. The van der Waals surface area contributed by atoms with E-state index in [1.54, 1.807) is 12.1 Å². The molecule has 0 bridgehead atoms. The van der Waals surface area contributed by atoms with Crippen molar-refractivity contribution < 1.29 is 9.18 Å². The van der Waals surface area contributed by atoms with E-state index < -0.39 is 0 Å². The fourth-order valence-corrected chi connectivity index (χ4v) is 3.63. The zero-order chi connectivity index (χ0) is 18.8. The number of urea groups is 1. The van der Waals surface area contributed by atoms with E-state index in [2.05, 4.69) is 10.3 Å². The number of rotatable bonds is 3. The van der Waals surface area contributed by atoms with Crippen molar-refractivity contribution in [2.45, 2.75) is 31.7 Å². The van der Waals surface area contributed by atoms with E-state index in [1.807, 2.05) is 36.1 Å². The van der Waals surface area contributed by atoms with Crippen LogP contribution in [0.5, 0.6) is 0 Å². The molecule has 3 aromatic rings. The van der Waals surface area contributed by atoms with Crippen LogP contribution in [0.25, 0.3) is 11.0 Å². The van der Waals surface area contributed by atoms with Gasteiger partial charge in [-0.25, -0.2) is 14.2 Å². The molecule has 2 aromatic carbocycles. The number of fused-ring (bicyclic) bond motifs is 1. The molecule has 1 fully saturated rings. The number of imidazole rings is 1. The second kappa shape index (κ2) is 7.39. The summed E-state index contributed by atoms with van der Waals surface area (Å²) in [6.07, 6.45) is 1.77. The summed E-state index contributed by atoms with van der Waals surface area (Å²) in [7, 11) is 0. The smallest absolute Gasteiger partial charge is 0.317 e. The summed E-state index contributed by atoms with van der Waals surface area (Å²) in [6.45, 7) is 3.31. The lowest BCUT2D eigenvalue weighted by molar-refractivity contribution is 0.177. The predicted molar refractivity (Wildman–Crippen MR) is 103 cm³/mol. The molecular weight excluding hydrogens is 343 g/mol. The maximum absolute atomic E-state index is 13.0. The molecule has 0 unspecified atom stereocenters. The van der Waals surface area contributed by atoms with Gasteiger partial charge in [-0.15, -0.1) is 0 Å². The number of likely N-dealkylation sites (tertiary alicyclic amines) is 1. The van der Waals surface area contributed by atoms with Crippen LogP contribution in [0.3, 0.4) is 0 Å². The largest absolute Gasteiger partial charge is 0.342 e. The molecule has 4 rings (SSSR count). The molecule has 2 N–H and O–H groups in total. The second-order valence-corrected chi connectivity index (χ2v) is 7.12. The lowest BCUT2D eigenvalue weighted by Crippen LogP contribution is -2.44. The highest BCUT2D eigenvalue weighted by molar-refractivity contribution is 5.75. The first kappa shape index (κ1) is 17.5. The summed E-state index contributed by atoms with van der Waals surface area (Å²) >= 11 is 0. The highest BCUT2D eigenvalue weighted by Crippen LogP contribution is 2.28. The number of aromatic nitrogens is 2. The van der Waals surface area contributed by atoms with Crippen molar-refractivity contribution >= 4 is 17.1 Å². The van der Waals surface area contributed by atoms with E-state index in [9.17, 15) is 9.18 Å². The van der Waals surface area contributed by atoms with E-state index in [-0.39, 0.29) is 17.9 Å². The minimum atomic E-state index is -0.273. The quantitative estimate of drug-likeness (QED) is 0.724. The number of halogens is 1. The van der Waals surface area contributed by atoms with E-state index in [0.29, 0.717) is 19.0 Å². The lowest BCUT2D eigenvalue weighted by atomic mass is 9.96. The normalized spacial score (nSPS) is 16.4. The third kappa shape index (κ3) is 3.79. The molecule has 2 heterocycles. The molecule has 0 spiro atoms. The van der Waals surface area contributed by atoms with Crippen LogP contribution in [0.1, 0.15) is 43.1 Å². The Bertz CT molecular complexity index is 896. The van der Waals surface area contributed by atoms with Gasteiger partial charge < -0.3 is 15.2 Å².